The number of benzene rings is 2. The summed E-state index contributed by atoms with van der Waals surface area (Å²) < 4.78 is 0. The van der Waals surface area contributed by atoms with Crippen molar-refractivity contribution in [3.8, 4) is 5.75 Å². The Morgan fingerprint density at radius 1 is 0.941 bits per heavy atom. The molecule has 1 heteroatoms. The number of aryl methyl sites for hydroxylation is 1. The average Bonchev–Trinajstić information content (AvgIpc) is 2.34. The van der Waals surface area contributed by atoms with Crippen molar-refractivity contribution in [2.24, 2.45) is 0 Å². The number of hydrogen-bond donors (Lipinski definition) is 1. The number of hydrogen-bond acceptors (Lipinski definition) is 1. The van der Waals surface area contributed by atoms with Crippen molar-refractivity contribution >= 4 is 10.8 Å². The molecular weight excluding hydrogens is 208 g/mol. The Kier molecular flexibility index (Phi) is 7.87. The second-order valence-corrected chi connectivity index (χ2v) is 3.69. The molecule has 0 spiro atoms. The fourth-order valence-electron chi connectivity index (χ4n) is 1.34. The molecule has 2 rings (SSSR count). The van der Waals surface area contributed by atoms with E-state index in [2.05, 4.69) is 13.8 Å². The van der Waals surface area contributed by atoms with Crippen molar-refractivity contribution in [2.75, 3.05) is 0 Å². The van der Waals surface area contributed by atoms with Crippen LogP contribution in [0.5, 0.6) is 5.75 Å². The molecule has 0 aliphatic rings. The molecule has 0 heterocycles. The second-order valence-electron chi connectivity index (χ2n) is 3.69. The van der Waals surface area contributed by atoms with E-state index in [4.69, 9.17) is 0 Å². The quantitative estimate of drug-likeness (QED) is 0.653. The van der Waals surface area contributed by atoms with E-state index in [0.717, 1.165) is 10.9 Å². The minimum Gasteiger partial charge on any atom is -0.508 e. The first kappa shape index (κ1) is 15.5. The third-order valence-corrected chi connectivity index (χ3v) is 2.06. The van der Waals surface area contributed by atoms with Crippen LogP contribution in [0.3, 0.4) is 0 Å². The molecule has 17 heavy (non-hydrogen) atoms. The molecule has 0 unspecified atom stereocenters. The van der Waals surface area contributed by atoms with E-state index in [0.29, 0.717) is 5.75 Å². The molecule has 94 valence electrons. The van der Waals surface area contributed by atoms with Crippen molar-refractivity contribution in [2.45, 2.75) is 41.0 Å². The van der Waals surface area contributed by atoms with E-state index >= 15 is 0 Å². The predicted molar refractivity (Wildman–Crippen MR) is 77.7 cm³/mol. The molecule has 0 saturated heterocycles. The summed E-state index contributed by atoms with van der Waals surface area (Å²) in [6.07, 6.45) is 1.25. The van der Waals surface area contributed by atoms with Crippen molar-refractivity contribution < 1.29 is 5.11 Å². The SMILES string of the molecule is CC.CCC.Cc1cc2ccccc2cc1O. The Labute approximate surface area is 105 Å². The van der Waals surface area contributed by atoms with Crippen LogP contribution in [0.25, 0.3) is 10.8 Å². The molecule has 2 aromatic carbocycles. The van der Waals surface area contributed by atoms with Crippen LogP contribution in [0.15, 0.2) is 36.4 Å². The molecule has 0 aliphatic heterocycles. The standard InChI is InChI=1S/C11H10O.C3H8.C2H6/c1-8-6-9-4-2-3-5-10(9)7-11(8)12;1-3-2;1-2/h2-7,12H,1H3;3H2,1-2H3;1-2H3. The lowest BCUT2D eigenvalue weighted by Crippen LogP contribution is -1.76. The molecule has 0 aromatic heterocycles. The van der Waals surface area contributed by atoms with E-state index < -0.39 is 0 Å². The third-order valence-electron chi connectivity index (χ3n) is 2.06. The maximum Gasteiger partial charge on any atom is 0.119 e. The minimum atomic E-state index is 0.369. The van der Waals surface area contributed by atoms with Gasteiger partial charge < -0.3 is 5.11 Å². The van der Waals surface area contributed by atoms with Gasteiger partial charge in [-0.15, -0.1) is 0 Å². The fraction of sp³-hybridized carbons (Fsp3) is 0.375. The lowest BCUT2D eigenvalue weighted by molar-refractivity contribution is 0.472. The largest absolute Gasteiger partial charge is 0.508 e. The van der Waals surface area contributed by atoms with Crippen LogP contribution >= 0.6 is 0 Å². The normalized spacial score (nSPS) is 8.76. The van der Waals surface area contributed by atoms with E-state index in [1.54, 1.807) is 6.07 Å². The van der Waals surface area contributed by atoms with Crippen LogP contribution in [0.1, 0.15) is 39.7 Å². The summed E-state index contributed by atoms with van der Waals surface area (Å²) in [5, 5.41) is 11.7. The number of aromatic hydroxyl groups is 1. The molecule has 0 amide bonds. The number of phenolic OH excluding ortho intramolecular Hbond substituents is 1. The first-order valence-electron chi connectivity index (χ1n) is 6.37. The van der Waals surface area contributed by atoms with Crippen LogP contribution < -0.4 is 0 Å². The van der Waals surface area contributed by atoms with Crippen molar-refractivity contribution in [3.05, 3.63) is 42.0 Å². The molecule has 2 aromatic rings. The van der Waals surface area contributed by atoms with Crippen LogP contribution in [0.2, 0.25) is 0 Å². The van der Waals surface area contributed by atoms with Gasteiger partial charge in [-0.05, 0) is 35.4 Å². The first-order chi connectivity index (χ1) is 8.19. The molecule has 1 nitrogen and oxygen atoms in total. The lowest BCUT2D eigenvalue weighted by Gasteiger charge is -2.01. The minimum absolute atomic E-state index is 0.369. The molecular formula is C16H24O. The van der Waals surface area contributed by atoms with Crippen molar-refractivity contribution in [1.82, 2.24) is 0 Å². The van der Waals surface area contributed by atoms with Crippen molar-refractivity contribution in [3.63, 3.8) is 0 Å². The number of rotatable bonds is 0. The summed E-state index contributed by atoms with van der Waals surface area (Å²) in [5.41, 5.74) is 0.925. The summed E-state index contributed by atoms with van der Waals surface area (Å²) in [6.45, 7) is 10.2. The fourth-order valence-corrected chi connectivity index (χ4v) is 1.34. The summed E-state index contributed by atoms with van der Waals surface area (Å²) in [4.78, 5) is 0. The summed E-state index contributed by atoms with van der Waals surface area (Å²) in [6, 6.07) is 11.8. The summed E-state index contributed by atoms with van der Waals surface area (Å²) in [7, 11) is 0. The van der Waals surface area contributed by atoms with Gasteiger partial charge in [0.1, 0.15) is 5.75 Å². The van der Waals surface area contributed by atoms with Crippen LogP contribution in [0, 0.1) is 6.92 Å². The van der Waals surface area contributed by atoms with Crippen LogP contribution in [0.4, 0.5) is 0 Å². The lowest BCUT2D eigenvalue weighted by atomic mass is 10.1. The highest BCUT2D eigenvalue weighted by molar-refractivity contribution is 5.84. The zero-order valence-corrected chi connectivity index (χ0v) is 11.6. The summed E-state index contributed by atoms with van der Waals surface area (Å²) >= 11 is 0. The summed E-state index contributed by atoms with van der Waals surface area (Å²) in [5.74, 6) is 0.369. The van der Waals surface area contributed by atoms with Crippen LogP contribution in [-0.4, -0.2) is 5.11 Å². The predicted octanol–water partition coefficient (Wildman–Crippen LogP) is 5.30. The third kappa shape index (κ3) is 4.90. The monoisotopic (exact) mass is 232 g/mol. The topological polar surface area (TPSA) is 20.2 Å². The Bertz CT molecular complexity index is 392. The van der Waals surface area contributed by atoms with Gasteiger partial charge in [-0.1, -0.05) is 58.4 Å². The maximum atomic E-state index is 9.42. The second kappa shape index (κ2) is 8.63. The molecule has 1 N–H and O–H groups in total. The van der Waals surface area contributed by atoms with Gasteiger partial charge in [-0.2, -0.15) is 0 Å². The first-order valence-corrected chi connectivity index (χ1v) is 6.37. The Morgan fingerprint density at radius 3 is 1.82 bits per heavy atom. The number of fused-ring (bicyclic) bond motifs is 1. The highest BCUT2D eigenvalue weighted by Crippen LogP contribution is 2.23. The Morgan fingerprint density at radius 2 is 1.35 bits per heavy atom. The van der Waals surface area contributed by atoms with Gasteiger partial charge in [0, 0.05) is 0 Å². The molecule has 0 aliphatic carbocycles. The van der Waals surface area contributed by atoms with E-state index in [1.807, 2.05) is 51.1 Å². The molecule has 0 saturated carbocycles. The van der Waals surface area contributed by atoms with Gasteiger partial charge in [0.2, 0.25) is 0 Å². The number of phenols is 1. The Hall–Kier alpha value is -1.50. The highest BCUT2D eigenvalue weighted by atomic mass is 16.3. The van der Waals surface area contributed by atoms with E-state index in [1.165, 1.54) is 11.8 Å². The molecule has 0 fully saturated rings. The van der Waals surface area contributed by atoms with Gasteiger partial charge in [0.15, 0.2) is 0 Å². The van der Waals surface area contributed by atoms with E-state index in [-0.39, 0.29) is 0 Å². The van der Waals surface area contributed by atoms with Gasteiger partial charge >= 0.3 is 0 Å². The van der Waals surface area contributed by atoms with Gasteiger partial charge in [0.05, 0.1) is 0 Å². The smallest absolute Gasteiger partial charge is 0.119 e. The van der Waals surface area contributed by atoms with Gasteiger partial charge in [0.25, 0.3) is 0 Å². The maximum absolute atomic E-state index is 9.42. The average molecular weight is 232 g/mol. The molecule has 0 radical (unpaired) electrons. The van der Waals surface area contributed by atoms with E-state index in [9.17, 15) is 5.11 Å². The molecule has 0 atom stereocenters. The van der Waals surface area contributed by atoms with Crippen molar-refractivity contribution in [1.29, 1.82) is 0 Å². The van der Waals surface area contributed by atoms with Crippen LogP contribution in [-0.2, 0) is 0 Å². The zero-order valence-electron chi connectivity index (χ0n) is 11.6. The molecule has 0 bridgehead atoms. The zero-order chi connectivity index (χ0) is 13.3. The highest BCUT2D eigenvalue weighted by Gasteiger charge is 1.97. The van der Waals surface area contributed by atoms with Gasteiger partial charge in [-0.3, -0.25) is 0 Å². The van der Waals surface area contributed by atoms with Gasteiger partial charge in [-0.25, -0.2) is 0 Å². The Balaban J connectivity index is 0.000000450.